The van der Waals surface area contributed by atoms with Crippen LogP contribution in [0.3, 0.4) is 0 Å². The lowest BCUT2D eigenvalue weighted by molar-refractivity contribution is 0.0696. The largest absolute Gasteiger partial charge is 0.478 e. The Labute approximate surface area is 119 Å². The maximum atomic E-state index is 11.7. The minimum absolute atomic E-state index is 0.237. The second-order valence-corrected chi connectivity index (χ2v) is 4.97. The summed E-state index contributed by atoms with van der Waals surface area (Å²) in [5.74, 6) is -1.25. The first-order valence-electron chi connectivity index (χ1n) is 5.87. The van der Waals surface area contributed by atoms with Gasteiger partial charge in [0.2, 0.25) is 0 Å². The van der Waals surface area contributed by atoms with E-state index in [1.807, 2.05) is 6.07 Å². The number of nitrogen functional groups attached to an aromatic ring is 1. The summed E-state index contributed by atoms with van der Waals surface area (Å²) in [6, 6.07) is 6.62. The Morgan fingerprint density at radius 3 is 2.85 bits per heavy atom. The number of benzene rings is 1. The fraction of sp³-hybridized carbons (Fsp3) is 0.154. The van der Waals surface area contributed by atoms with Gasteiger partial charge in [0.05, 0.1) is 5.56 Å². The standard InChI is InChI=1S/C13H13N3O3S/c14-13-16-10(7-20-13)11(17)15-5-4-8-2-1-3-9(6-8)12(18)19/h1-3,6-7H,4-5H2,(H2,14,16)(H,15,17)(H,18,19). The van der Waals surface area contributed by atoms with Crippen molar-refractivity contribution in [3.05, 3.63) is 46.5 Å². The van der Waals surface area contributed by atoms with Crippen LogP contribution in [0.4, 0.5) is 5.13 Å². The first-order valence-corrected chi connectivity index (χ1v) is 6.75. The number of amides is 1. The topological polar surface area (TPSA) is 105 Å². The summed E-state index contributed by atoms with van der Waals surface area (Å²) in [6.07, 6.45) is 0.548. The zero-order valence-corrected chi connectivity index (χ0v) is 11.3. The van der Waals surface area contributed by atoms with Crippen LogP contribution in [0.5, 0.6) is 0 Å². The molecule has 0 radical (unpaired) electrons. The van der Waals surface area contributed by atoms with Crippen molar-refractivity contribution in [3.63, 3.8) is 0 Å². The monoisotopic (exact) mass is 291 g/mol. The predicted octanol–water partition coefficient (Wildman–Crippen LogP) is 1.40. The number of rotatable bonds is 5. The van der Waals surface area contributed by atoms with E-state index in [2.05, 4.69) is 10.3 Å². The summed E-state index contributed by atoms with van der Waals surface area (Å²) in [6.45, 7) is 0.402. The number of thiazole rings is 1. The molecule has 4 N–H and O–H groups in total. The van der Waals surface area contributed by atoms with Crippen molar-refractivity contribution >= 4 is 28.3 Å². The van der Waals surface area contributed by atoms with Crippen LogP contribution >= 0.6 is 11.3 Å². The molecule has 7 heteroatoms. The molecule has 6 nitrogen and oxygen atoms in total. The molecule has 0 saturated heterocycles. The Bertz CT molecular complexity index is 639. The van der Waals surface area contributed by atoms with E-state index in [-0.39, 0.29) is 11.5 Å². The number of carbonyl (C=O) groups is 2. The number of nitrogens with one attached hydrogen (secondary N) is 1. The van der Waals surface area contributed by atoms with Gasteiger partial charge in [-0.2, -0.15) is 0 Å². The van der Waals surface area contributed by atoms with E-state index in [9.17, 15) is 9.59 Å². The molecular weight excluding hydrogens is 278 g/mol. The lowest BCUT2D eigenvalue weighted by Gasteiger charge is -2.04. The number of nitrogens with zero attached hydrogens (tertiary/aromatic N) is 1. The zero-order chi connectivity index (χ0) is 14.5. The highest BCUT2D eigenvalue weighted by Gasteiger charge is 2.09. The summed E-state index contributed by atoms with van der Waals surface area (Å²) >= 11 is 1.21. The first kappa shape index (κ1) is 14.0. The number of aromatic carboxylic acids is 1. The molecule has 0 bridgehead atoms. The normalized spacial score (nSPS) is 10.2. The number of carbonyl (C=O) groups excluding carboxylic acids is 1. The molecule has 0 aliphatic carbocycles. The van der Waals surface area contributed by atoms with Crippen molar-refractivity contribution < 1.29 is 14.7 Å². The Morgan fingerprint density at radius 1 is 1.40 bits per heavy atom. The summed E-state index contributed by atoms with van der Waals surface area (Å²) in [5, 5.41) is 13.5. The molecule has 0 atom stereocenters. The minimum atomic E-state index is -0.964. The van der Waals surface area contributed by atoms with Gasteiger partial charge in [-0.05, 0) is 24.1 Å². The van der Waals surface area contributed by atoms with Gasteiger partial charge >= 0.3 is 5.97 Å². The number of hydrogen-bond acceptors (Lipinski definition) is 5. The number of carboxylic acids is 1. The Morgan fingerprint density at radius 2 is 2.20 bits per heavy atom. The van der Waals surface area contributed by atoms with Crippen molar-refractivity contribution in [1.29, 1.82) is 0 Å². The molecule has 1 aromatic carbocycles. The second kappa shape index (κ2) is 6.16. The molecule has 20 heavy (non-hydrogen) atoms. The quantitative estimate of drug-likeness (QED) is 0.772. The third-order valence-corrected chi connectivity index (χ3v) is 3.30. The van der Waals surface area contributed by atoms with E-state index in [0.717, 1.165) is 5.56 Å². The highest BCUT2D eigenvalue weighted by molar-refractivity contribution is 7.13. The van der Waals surface area contributed by atoms with Gasteiger partial charge < -0.3 is 16.2 Å². The smallest absolute Gasteiger partial charge is 0.335 e. The van der Waals surface area contributed by atoms with Crippen LogP contribution in [0.2, 0.25) is 0 Å². The number of hydrogen-bond donors (Lipinski definition) is 3. The van der Waals surface area contributed by atoms with Crippen molar-refractivity contribution in [3.8, 4) is 0 Å². The zero-order valence-electron chi connectivity index (χ0n) is 10.5. The van der Waals surface area contributed by atoms with Gasteiger partial charge in [0.1, 0.15) is 5.69 Å². The van der Waals surface area contributed by atoms with Gasteiger partial charge in [-0.1, -0.05) is 12.1 Å². The predicted molar refractivity (Wildman–Crippen MR) is 76.0 cm³/mol. The van der Waals surface area contributed by atoms with Crippen molar-refractivity contribution in [2.24, 2.45) is 0 Å². The number of nitrogens with two attached hydrogens (primary N) is 1. The molecule has 0 aliphatic rings. The fourth-order valence-corrected chi connectivity index (χ4v) is 2.21. The van der Waals surface area contributed by atoms with Gasteiger partial charge in [0.25, 0.3) is 5.91 Å². The van der Waals surface area contributed by atoms with Gasteiger partial charge in [0.15, 0.2) is 5.13 Å². The number of aromatic nitrogens is 1. The van der Waals surface area contributed by atoms with E-state index in [4.69, 9.17) is 10.8 Å². The van der Waals surface area contributed by atoms with Crippen LogP contribution in [0.1, 0.15) is 26.4 Å². The summed E-state index contributed by atoms with van der Waals surface area (Å²) in [7, 11) is 0. The first-order chi connectivity index (χ1) is 9.56. The highest BCUT2D eigenvalue weighted by Crippen LogP contribution is 2.10. The maximum Gasteiger partial charge on any atom is 0.335 e. The van der Waals surface area contributed by atoms with E-state index < -0.39 is 5.97 Å². The molecule has 0 unspecified atom stereocenters. The van der Waals surface area contributed by atoms with Gasteiger partial charge in [0, 0.05) is 11.9 Å². The van der Waals surface area contributed by atoms with Crippen LogP contribution in [-0.2, 0) is 6.42 Å². The van der Waals surface area contributed by atoms with E-state index in [0.29, 0.717) is 23.8 Å². The highest BCUT2D eigenvalue weighted by atomic mass is 32.1. The SMILES string of the molecule is Nc1nc(C(=O)NCCc2cccc(C(=O)O)c2)cs1. The molecule has 0 spiro atoms. The van der Waals surface area contributed by atoms with E-state index in [1.54, 1.807) is 17.5 Å². The van der Waals surface area contributed by atoms with Crippen molar-refractivity contribution in [2.45, 2.75) is 6.42 Å². The lowest BCUT2D eigenvalue weighted by Crippen LogP contribution is -2.26. The molecule has 104 valence electrons. The van der Waals surface area contributed by atoms with Gasteiger partial charge in [-0.15, -0.1) is 11.3 Å². The third kappa shape index (κ3) is 3.55. The lowest BCUT2D eigenvalue weighted by atomic mass is 10.1. The van der Waals surface area contributed by atoms with E-state index >= 15 is 0 Å². The summed E-state index contributed by atoms with van der Waals surface area (Å²) < 4.78 is 0. The average Bonchev–Trinajstić information content (AvgIpc) is 2.86. The summed E-state index contributed by atoms with van der Waals surface area (Å²) in [5.41, 5.74) is 6.84. The summed E-state index contributed by atoms with van der Waals surface area (Å²) in [4.78, 5) is 26.4. The third-order valence-electron chi connectivity index (χ3n) is 2.63. The molecule has 2 aromatic rings. The number of anilines is 1. The molecule has 0 fully saturated rings. The van der Waals surface area contributed by atoms with Gasteiger partial charge in [-0.25, -0.2) is 9.78 Å². The van der Waals surface area contributed by atoms with Crippen LogP contribution < -0.4 is 11.1 Å². The van der Waals surface area contributed by atoms with Crippen LogP contribution in [0.15, 0.2) is 29.6 Å². The molecule has 1 aromatic heterocycles. The Hall–Kier alpha value is -2.41. The molecular formula is C13H13N3O3S. The Kier molecular flexibility index (Phi) is 4.31. The number of carboxylic acid groups (broad SMARTS) is 1. The van der Waals surface area contributed by atoms with Crippen molar-refractivity contribution in [2.75, 3.05) is 12.3 Å². The minimum Gasteiger partial charge on any atom is -0.478 e. The van der Waals surface area contributed by atoms with Gasteiger partial charge in [-0.3, -0.25) is 4.79 Å². The van der Waals surface area contributed by atoms with Crippen molar-refractivity contribution in [1.82, 2.24) is 10.3 Å². The van der Waals surface area contributed by atoms with Crippen LogP contribution in [0, 0.1) is 0 Å². The molecule has 1 heterocycles. The van der Waals surface area contributed by atoms with Crippen LogP contribution in [0.25, 0.3) is 0 Å². The second-order valence-electron chi connectivity index (χ2n) is 4.08. The average molecular weight is 291 g/mol. The fourth-order valence-electron chi connectivity index (χ4n) is 1.66. The Balaban J connectivity index is 1.88. The van der Waals surface area contributed by atoms with Crippen LogP contribution in [-0.4, -0.2) is 28.5 Å². The molecule has 0 saturated carbocycles. The maximum absolute atomic E-state index is 11.7. The molecule has 0 aliphatic heterocycles. The van der Waals surface area contributed by atoms with E-state index in [1.165, 1.54) is 17.4 Å². The molecule has 2 rings (SSSR count). The molecule has 1 amide bonds.